The summed E-state index contributed by atoms with van der Waals surface area (Å²) in [5, 5.41) is 12.4. The first-order valence-electron chi connectivity index (χ1n) is 9.17. The molecule has 2 N–H and O–H groups in total. The first-order valence-corrected chi connectivity index (χ1v) is 9.93. The molecule has 0 aliphatic rings. The van der Waals surface area contributed by atoms with Crippen LogP contribution in [0.4, 0.5) is 13.2 Å². The van der Waals surface area contributed by atoms with Crippen LogP contribution in [0.5, 0.6) is 5.75 Å². The molecule has 168 valence electrons. The van der Waals surface area contributed by atoms with E-state index in [2.05, 4.69) is 20.0 Å². The molecule has 2 aromatic carbocycles. The summed E-state index contributed by atoms with van der Waals surface area (Å²) in [4.78, 5) is 21.3. The SMILES string of the molecule is CC(CO)NC(=O)c1cc(-c2ccc(OC(F)(F)F)cc2)nc(-c2cc(Cl)cc(Cl)c2)n1. The van der Waals surface area contributed by atoms with E-state index in [-0.39, 0.29) is 23.8 Å². The van der Waals surface area contributed by atoms with E-state index in [1.807, 2.05) is 0 Å². The molecule has 1 heterocycles. The minimum absolute atomic E-state index is 0.0167. The highest BCUT2D eigenvalue weighted by molar-refractivity contribution is 6.35. The quantitative estimate of drug-likeness (QED) is 0.505. The van der Waals surface area contributed by atoms with Gasteiger partial charge in [0.2, 0.25) is 0 Å². The summed E-state index contributed by atoms with van der Waals surface area (Å²) in [6.45, 7) is 1.33. The number of hydrogen-bond donors (Lipinski definition) is 2. The molecule has 1 aromatic heterocycles. The first kappa shape index (κ1) is 23.8. The van der Waals surface area contributed by atoms with Crippen LogP contribution in [-0.2, 0) is 0 Å². The van der Waals surface area contributed by atoms with Gasteiger partial charge >= 0.3 is 6.36 Å². The lowest BCUT2D eigenvalue weighted by molar-refractivity contribution is -0.274. The molecule has 3 aromatic rings. The first-order chi connectivity index (χ1) is 15.0. The van der Waals surface area contributed by atoms with Crippen molar-refractivity contribution in [1.82, 2.24) is 15.3 Å². The third kappa shape index (κ3) is 6.32. The van der Waals surface area contributed by atoms with Crippen molar-refractivity contribution in [2.45, 2.75) is 19.3 Å². The molecule has 1 unspecified atom stereocenters. The molecule has 3 rings (SSSR count). The number of aliphatic hydroxyl groups excluding tert-OH is 1. The Bertz CT molecular complexity index is 1110. The molecule has 32 heavy (non-hydrogen) atoms. The maximum Gasteiger partial charge on any atom is 0.573 e. The van der Waals surface area contributed by atoms with Crippen molar-refractivity contribution in [3.8, 4) is 28.4 Å². The van der Waals surface area contributed by atoms with Gasteiger partial charge in [-0.3, -0.25) is 4.79 Å². The van der Waals surface area contributed by atoms with E-state index in [1.165, 1.54) is 24.3 Å². The van der Waals surface area contributed by atoms with E-state index >= 15 is 0 Å². The second kappa shape index (κ2) is 9.72. The Morgan fingerprint density at radius 3 is 2.25 bits per heavy atom. The molecule has 0 bridgehead atoms. The van der Waals surface area contributed by atoms with E-state index in [0.29, 0.717) is 21.2 Å². The standard InChI is InChI=1S/C21H16Cl2F3N3O3/c1-11(10-30)27-20(31)18-9-17(12-2-4-16(5-3-12)32-21(24,25)26)28-19(29-18)13-6-14(22)8-15(23)7-13/h2-9,11,30H,10H2,1H3,(H,27,31). The topological polar surface area (TPSA) is 84.3 Å². The van der Waals surface area contributed by atoms with Crippen molar-refractivity contribution >= 4 is 29.1 Å². The summed E-state index contributed by atoms with van der Waals surface area (Å²) in [7, 11) is 0. The van der Waals surface area contributed by atoms with Crippen molar-refractivity contribution in [3.63, 3.8) is 0 Å². The summed E-state index contributed by atoms with van der Waals surface area (Å²) in [6.07, 6.45) is -4.82. The number of rotatable bonds is 6. The Balaban J connectivity index is 2.06. The van der Waals surface area contributed by atoms with Crippen LogP contribution in [0.2, 0.25) is 10.0 Å². The van der Waals surface area contributed by atoms with Gasteiger partial charge in [0.05, 0.1) is 12.3 Å². The highest BCUT2D eigenvalue weighted by Crippen LogP contribution is 2.29. The maximum absolute atomic E-state index is 12.6. The summed E-state index contributed by atoms with van der Waals surface area (Å²) in [6, 6.07) is 10.5. The number of ether oxygens (including phenoxy) is 1. The smallest absolute Gasteiger partial charge is 0.406 e. The number of carbonyl (C=O) groups is 1. The van der Waals surface area contributed by atoms with Gasteiger partial charge in [0.15, 0.2) is 5.82 Å². The van der Waals surface area contributed by atoms with Crippen molar-refractivity contribution in [3.05, 3.63) is 64.3 Å². The Morgan fingerprint density at radius 1 is 1.06 bits per heavy atom. The van der Waals surface area contributed by atoms with Crippen LogP contribution >= 0.6 is 23.2 Å². The summed E-state index contributed by atoms with van der Waals surface area (Å²) >= 11 is 12.1. The lowest BCUT2D eigenvalue weighted by Gasteiger charge is -2.13. The molecule has 0 spiro atoms. The Labute approximate surface area is 191 Å². The van der Waals surface area contributed by atoms with Crippen LogP contribution in [0.1, 0.15) is 17.4 Å². The zero-order chi connectivity index (χ0) is 23.5. The number of benzene rings is 2. The number of alkyl halides is 3. The van der Waals surface area contributed by atoms with Crippen LogP contribution in [0.15, 0.2) is 48.5 Å². The average Bonchev–Trinajstić information content (AvgIpc) is 2.72. The van der Waals surface area contributed by atoms with Crippen LogP contribution in [-0.4, -0.2) is 40.0 Å². The van der Waals surface area contributed by atoms with Crippen LogP contribution in [0.25, 0.3) is 22.6 Å². The lowest BCUT2D eigenvalue weighted by Crippen LogP contribution is -2.35. The number of aliphatic hydroxyl groups is 1. The molecule has 0 aliphatic carbocycles. The minimum Gasteiger partial charge on any atom is -0.406 e. The molecular formula is C21H16Cl2F3N3O3. The van der Waals surface area contributed by atoms with Crippen LogP contribution in [0, 0.1) is 0 Å². The molecule has 1 atom stereocenters. The van der Waals surface area contributed by atoms with Crippen molar-refractivity contribution in [2.24, 2.45) is 0 Å². The number of carbonyl (C=O) groups excluding carboxylic acids is 1. The minimum atomic E-state index is -4.82. The second-order valence-corrected chi connectivity index (χ2v) is 7.62. The fourth-order valence-electron chi connectivity index (χ4n) is 2.69. The molecular weight excluding hydrogens is 470 g/mol. The van der Waals surface area contributed by atoms with Gasteiger partial charge in [0, 0.05) is 27.2 Å². The third-order valence-corrected chi connectivity index (χ3v) is 4.55. The number of aromatic nitrogens is 2. The number of hydrogen-bond acceptors (Lipinski definition) is 5. The number of nitrogens with zero attached hydrogens (tertiary/aromatic N) is 2. The third-order valence-electron chi connectivity index (χ3n) is 4.11. The Hall–Kier alpha value is -2.88. The number of amides is 1. The number of halogens is 5. The van der Waals surface area contributed by atoms with Gasteiger partial charge in [-0.1, -0.05) is 23.2 Å². The molecule has 0 radical (unpaired) electrons. The highest BCUT2D eigenvalue weighted by atomic mass is 35.5. The summed E-state index contributed by atoms with van der Waals surface area (Å²) in [5.74, 6) is -0.835. The predicted molar refractivity (Wildman–Crippen MR) is 114 cm³/mol. The molecule has 11 heteroatoms. The van der Waals surface area contributed by atoms with Crippen molar-refractivity contribution in [1.29, 1.82) is 0 Å². The monoisotopic (exact) mass is 485 g/mol. The van der Waals surface area contributed by atoms with Gasteiger partial charge in [0.1, 0.15) is 11.4 Å². The Kier molecular flexibility index (Phi) is 7.22. The molecule has 6 nitrogen and oxygen atoms in total. The van der Waals surface area contributed by atoms with Crippen molar-refractivity contribution in [2.75, 3.05) is 6.61 Å². The van der Waals surface area contributed by atoms with Gasteiger partial charge in [0.25, 0.3) is 5.91 Å². The highest BCUT2D eigenvalue weighted by Gasteiger charge is 2.31. The molecule has 0 saturated heterocycles. The fraction of sp³-hybridized carbons (Fsp3) is 0.190. The van der Waals surface area contributed by atoms with E-state index in [1.54, 1.807) is 19.1 Å². The van der Waals surface area contributed by atoms with Crippen LogP contribution < -0.4 is 10.1 Å². The summed E-state index contributed by atoms with van der Waals surface area (Å²) < 4.78 is 41.1. The molecule has 1 amide bonds. The number of nitrogens with one attached hydrogen (secondary N) is 1. The van der Waals surface area contributed by atoms with Gasteiger partial charge in [-0.05, 0) is 55.5 Å². The second-order valence-electron chi connectivity index (χ2n) is 6.75. The van der Waals surface area contributed by atoms with E-state index in [0.717, 1.165) is 12.1 Å². The predicted octanol–water partition coefficient (Wildman–Crippen LogP) is 5.13. The van der Waals surface area contributed by atoms with E-state index in [9.17, 15) is 23.1 Å². The van der Waals surface area contributed by atoms with Crippen LogP contribution in [0.3, 0.4) is 0 Å². The zero-order valence-corrected chi connectivity index (χ0v) is 18.0. The summed E-state index contributed by atoms with van der Waals surface area (Å²) in [5.41, 5.74) is 1.11. The normalized spacial score (nSPS) is 12.3. The molecule has 0 aliphatic heterocycles. The average molecular weight is 486 g/mol. The van der Waals surface area contributed by atoms with Crippen molar-refractivity contribution < 1.29 is 27.8 Å². The fourth-order valence-corrected chi connectivity index (χ4v) is 3.22. The molecule has 0 fully saturated rings. The largest absolute Gasteiger partial charge is 0.573 e. The lowest BCUT2D eigenvalue weighted by atomic mass is 10.1. The van der Waals surface area contributed by atoms with E-state index < -0.39 is 24.1 Å². The Morgan fingerprint density at radius 2 is 1.69 bits per heavy atom. The van der Waals surface area contributed by atoms with Gasteiger partial charge in [-0.2, -0.15) is 0 Å². The maximum atomic E-state index is 12.6. The van der Waals surface area contributed by atoms with Gasteiger partial charge in [-0.25, -0.2) is 9.97 Å². The van der Waals surface area contributed by atoms with E-state index in [4.69, 9.17) is 23.2 Å². The molecule has 0 saturated carbocycles. The zero-order valence-electron chi connectivity index (χ0n) is 16.5. The van der Waals surface area contributed by atoms with Gasteiger partial charge in [-0.15, -0.1) is 13.2 Å². The van der Waals surface area contributed by atoms with Gasteiger partial charge < -0.3 is 15.2 Å².